The van der Waals surface area contributed by atoms with E-state index in [4.69, 9.17) is 0 Å². The lowest BCUT2D eigenvalue weighted by molar-refractivity contribution is -0.121. The van der Waals surface area contributed by atoms with Crippen molar-refractivity contribution in [2.24, 2.45) is 0 Å². The van der Waals surface area contributed by atoms with E-state index < -0.39 is 0 Å². The third kappa shape index (κ3) is 2.70. The van der Waals surface area contributed by atoms with Gasteiger partial charge in [-0.05, 0) is 23.4 Å². The molecule has 3 nitrogen and oxygen atoms in total. The highest BCUT2D eigenvalue weighted by atomic mass is 32.2. The molecular formula is C11H11NO2S. The molecule has 1 rings (SSSR count). The van der Waals surface area contributed by atoms with Crippen molar-refractivity contribution in [3.8, 4) is 0 Å². The molecular weight excluding hydrogens is 210 g/mol. The van der Waals surface area contributed by atoms with E-state index >= 15 is 0 Å². The molecule has 0 aliphatic carbocycles. The molecule has 1 saturated heterocycles. The standard InChI is InChI=1S/C11H11NO2S/c1-4-5-6-8(2)7-9-10(13)12(3)11(14)15-9/h4-7H,1-2H2,3H3/b6-5-,9-7+. The van der Waals surface area contributed by atoms with E-state index in [1.165, 1.54) is 7.05 Å². The number of likely N-dealkylation sites (N-methyl/N-ethyl adjacent to an activating group) is 1. The largest absolute Gasteiger partial charge is 0.293 e. The quantitative estimate of drug-likeness (QED) is 0.542. The van der Waals surface area contributed by atoms with Crippen LogP contribution >= 0.6 is 11.8 Å². The van der Waals surface area contributed by atoms with E-state index in [0.29, 0.717) is 10.5 Å². The van der Waals surface area contributed by atoms with Gasteiger partial charge in [0.25, 0.3) is 11.1 Å². The van der Waals surface area contributed by atoms with E-state index in [-0.39, 0.29) is 11.1 Å². The van der Waals surface area contributed by atoms with Crippen molar-refractivity contribution in [1.82, 2.24) is 4.90 Å². The number of hydrogen-bond acceptors (Lipinski definition) is 3. The van der Waals surface area contributed by atoms with Gasteiger partial charge in [0, 0.05) is 7.05 Å². The summed E-state index contributed by atoms with van der Waals surface area (Å²) >= 11 is 0.922. The summed E-state index contributed by atoms with van der Waals surface area (Å²) in [6, 6.07) is 0. The molecule has 1 aliphatic heterocycles. The molecule has 2 amide bonds. The lowest BCUT2D eigenvalue weighted by Crippen LogP contribution is -2.22. The van der Waals surface area contributed by atoms with E-state index in [0.717, 1.165) is 16.7 Å². The van der Waals surface area contributed by atoms with Crippen molar-refractivity contribution in [3.63, 3.8) is 0 Å². The number of carbonyl (C=O) groups excluding carboxylic acids is 2. The lowest BCUT2D eigenvalue weighted by Gasteiger charge is -2.00. The molecule has 0 saturated carbocycles. The van der Waals surface area contributed by atoms with Gasteiger partial charge in [0.15, 0.2) is 0 Å². The zero-order valence-corrected chi connectivity index (χ0v) is 9.21. The number of allylic oxidation sites excluding steroid dienone is 5. The monoisotopic (exact) mass is 221 g/mol. The van der Waals surface area contributed by atoms with Gasteiger partial charge in [0.1, 0.15) is 0 Å². The average molecular weight is 221 g/mol. The zero-order valence-electron chi connectivity index (χ0n) is 8.40. The van der Waals surface area contributed by atoms with Crippen molar-refractivity contribution >= 4 is 22.9 Å². The first-order chi connectivity index (χ1) is 7.06. The predicted molar refractivity (Wildman–Crippen MR) is 62.3 cm³/mol. The maximum atomic E-state index is 11.5. The summed E-state index contributed by atoms with van der Waals surface area (Å²) < 4.78 is 0. The Balaban J connectivity index is 2.82. The SMILES string of the molecule is C=C/C=C\C(=C)/C=C1/SC(=O)N(C)C1=O. The van der Waals surface area contributed by atoms with Gasteiger partial charge in [0.05, 0.1) is 4.91 Å². The fourth-order valence-corrected chi connectivity index (χ4v) is 1.80. The van der Waals surface area contributed by atoms with Gasteiger partial charge in [-0.15, -0.1) is 0 Å². The Bertz CT molecular complexity index is 393. The van der Waals surface area contributed by atoms with Crippen LogP contribution in [-0.4, -0.2) is 23.1 Å². The second kappa shape index (κ2) is 4.79. The second-order valence-electron chi connectivity index (χ2n) is 2.91. The number of hydrogen-bond donors (Lipinski definition) is 0. The van der Waals surface area contributed by atoms with Crippen molar-refractivity contribution in [1.29, 1.82) is 0 Å². The van der Waals surface area contributed by atoms with Crippen LogP contribution < -0.4 is 0 Å². The minimum Gasteiger partial charge on any atom is -0.272 e. The van der Waals surface area contributed by atoms with Gasteiger partial charge < -0.3 is 0 Å². The molecule has 0 atom stereocenters. The Labute approximate surface area is 92.8 Å². The van der Waals surface area contributed by atoms with Crippen molar-refractivity contribution in [2.45, 2.75) is 0 Å². The third-order valence-electron chi connectivity index (χ3n) is 1.75. The molecule has 1 heterocycles. The third-order valence-corrected chi connectivity index (χ3v) is 2.71. The van der Waals surface area contributed by atoms with Crippen LogP contribution in [0.4, 0.5) is 4.79 Å². The lowest BCUT2D eigenvalue weighted by atomic mass is 10.2. The molecule has 0 bridgehead atoms. The highest BCUT2D eigenvalue weighted by Gasteiger charge is 2.31. The van der Waals surface area contributed by atoms with Crippen LogP contribution in [0, 0.1) is 0 Å². The van der Waals surface area contributed by atoms with Gasteiger partial charge >= 0.3 is 0 Å². The summed E-state index contributed by atoms with van der Waals surface area (Å²) in [5.74, 6) is -0.279. The van der Waals surface area contributed by atoms with Crippen molar-refractivity contribution in [3.05, 3.63) is 47.9 Å². The van der Waals surface area contributed by atoms with Crippen molar-refractivity contribution < 1.29 is 9.59 Å². The maximum absolute atomic E-state index is 11.5. The molecule has 0 aromatic rings. The second-order valence-corrected chi connectivity index (χ2v) is 3.90. The fourth-order valence-electron chi connectivity index (χ4n) is 0.954. The predicted octanol–water partition coefficient (Wildman–Crippen LogP) is 2.49. The summed E-state index contributed by atoms with van der Waals surface area (Å²) in [4.78, 5) is 24.1. The topological polar surface area (TPSA) is 37.4 Å². The minimum absolute atomic E-state index is 0.258. The summed E-state index contributed by atoms with van der Waals surface area (Å²) in [7, 11) is 1.46. The van der Waals surface area contributed by atoms with E-state index in [2.05, 4.69) is 13.2 Å². The van der Waals surface area contributed by atoms with E-state index in [9.17, 15) is 9.59 Å². The molecule has 0 N–H and O–H groups in total. The molecule has 0 aromatic carbocycles. The number of thioether (sulfide) groups is 1. The molecule has 0 aromatic heterocycles. The first-order valence-electron chi connectivity index (χ1n) is 4.26. The molecule has 1 fully saturated rings. The van der Waals surface area contributed by atoms with Gasteiger partial charge in [-0.25, -0.2) is 0 Å². The molecule has 0 spiro atoms. The molecule has 15 heavy (non-hydrogen) atoms. The normalized spacial score (nSPS) is 19.3. The fraction of sp³-hybridized carbons (Fsp3) is 0.0909. The minimum atomic E-state index is -0.279. The number of imide groups is 1. The Morgan fingerprint density at radius 3 is 2.60 bits per heavy atom. The number of amides is 2. The Morgan fingerprint density at radius 1 is 1.47 bits per heavy atom. The molecule has 0 radical (unpaired) electrons. The van der Waals surface area contributed by atoms with Crippen LogP contribution in [0.5, 0.6) is 0 Å². The van der Waals surface area contributed by atoms with Gasteiger partial charge in [0.2, 0.25) is 0 Å². The van der Waals surface area contributed by atoms with Crippen LogP contribution in [-0.2, 0) is 4.79 Å². The Morgan fingerprint density at radius 2 is 2.13 bits per heavy atom. The summed E-state index contributed by atoms with van der Waals surface area (Å²) in [6.07, 6.45) is 6.64. The van der Waals surface area contributed by atoms with Crippen LogP contribution in [0.2, 0.25) is 0 Å². The molecule has 1 aliphatic rings. The average Bonchev–Trinajstić information content (AvgIpc) is 2.43. The zero-order chi connectivity index (χ0) is 11.4. The highest BCUT2D eigenvalue weighted by Crippen LogP contribution is 2.29. The number of rotatable bonds is 3. The van der Waals surface area contributed by atoms with Crippen molar-refractivity contribution in [2.75, 3.05) is 7.05 Å². The van der Waals surface area contributed by atoms with Crippen LogP contribution in [0.25, 0.3) is 0 Å². The molecule has 0 unspecified atom stereocenters. The smallest absolute Gasteiger partial charge is 0.272 e. The Kier molecular flexibility index (Phi) is 3.68. The highest BCUT2D eigenvalue weighted by molar-refractivity contribution is 8.18. The van der Waals surface area contributed by atoms with Crippen LogP contribution in [0.15, 0.2) is 47.9 Å². The van der Waals surface area contributed by atoms with E-state index in [1.807, 2.05) is 0 Å². The molecule has 4 heteroatoms. The summed E-state index contributed by atoms with van der Waals surface area (Å²) in [6.45, 7) is 7.25. The first kappa shape index (κ1) is 11.5. The Hall–Kier alpha value is -1.55. The van der Waals surface area contributed by atoms with Gasteiger partial charge in [-0.3, -0.25) is 14.5 Å². The van der Waals surface area contributed by atoms with E-state index in [1.54, 1.807) is 24.3 Å². The first-order valence-corrected chi connectivity index (χ1v) is 5.07. The number of nitrogens with zero attached hydrogens (tertiary/aromatic N) is 1. The number of carbonyl (C=O) groups is 2. The maximum Gasteiger partial charge on any atom is 0.293 e. The van der Waals surface area contributed by atoms with Crippen LogP contribution in [0.3, 0.4) is 0 Å². The van der Waals surface area contributed by atoms with Crippen LogP contribution in [0.1, 0.15) is 0 Å². The summed E-state index contributed by atoms with van der Waals surface area (Å²) in [5, 5.41) is -0.258. The van der Waals surface area contributed by atoms with Gasteiger partial charge in [-0.1, -0.05) is 31.4 Å². The summed E-state index contributed by atoms with van der Waals surface area (Å²) in [5.41, 5.74) is 0.661. The molecule has 78 valence electrons. The van der Waals surface area contributed by atoms with Gasteiger partial charge in [-0.2, -0.15) is 0 Å².